The molecular formula is C20H27N5O4. The van der Waals surface area contributed by atoms with E-state index in [-0.39, 0.29) is 36.2 Å². The number of aliphatic carboxylic acids is 1. The summed E-state index contributed by atoms with van der Waals surface area (Å²) in [6.07, 6.45) is 1.94. The van der Waals surface area contributed by atoms with E-state index >= 15 is 0 Å². The van der Waals surface area contributed by atoms with Crippen LogP contribution in [0.2, 0.25) is 0 Å². The Morgan fingerprint density at radius 3 is 2.59 bits per heavy atom. The summed E-state index contributed by atoms with van der Waals surface area (Å²) in [5, 5.41) is 22.0. The highest BCUT2D eigenvalue weighted by molar-refractivity contribution is 5.95. The quantitative estimate of drug-likeness (QED) is 0.321. The molecule has 9 heteroatoms. The molecule has 1 aromatic rings. The lowest BCUT2D eigenvalue weighted by Gasteiger charge is -2.41. The van der Waals surface area contributed by atoms with Crippen LogP contribution < -0.4 is 16.4 Å². The predicted molar refractivity (Wildman–Crippen MR) is 106 cm³/mol. The Morgan fingerprint density at radius 1 is 1.28 bits per heavy atom. The van der Waals surface area contributed by atoms with Crippen molar-refractivity contribution in [2.45, 2.75) is 50.9 Å². The number of amides is 2. The summed E-state index contributed by atoms with van der Waals surface area (Å²) in [7, 11) is 0. The molecule has 2 fully saturated rings. The Balaban J connectivity index is 1.63. The molecule has 0 radical (unpaired) electrons. The topological polar surface area (TPSA) is 149 Å². The zero-order valence-electron chi connectivity index (χ0n) is 16.4. The van der Waals surface area contributed by atoms with Crippen LogP contribution in [0, 0.1) is 11.3 Å². The number of nitrogens with one attached hydrogen (secondary N) is 3. The first kappa shape index (κ1) is 20.8. The van der Waals surface area contributed by atoms with Crippen LogP contribution in [0.3, 0.4) is 0 Å². The molecule has 0 aromatic heterocycles. The van der Waals surface area contributed by atoms with Crippen molar-refractivity contribution < 1.29 is 19.5 Å². The van der Waals surface area contributed by atoms with Crippen molar-refractivity contribution in [1.29, 1.82) is 5.41 Å². The lowest BCUT2D eigenvalue weighted by atomic mass is 9.87. The van der Waals surface area contributed by atoms with Gasteiger partial charge in [-0.1, -0.05) is 31.2 Å². The van der Waals surface area contributed by atoms with Crippen LogP contribution in [-0.2, 0) is 20.9 Å². The van der Waals surface area contributed by atoms with Crippen molar-refractivity contribution in [1.82, 2.24) is 15.5 Å². The molecule has 29 heavy (non-hydrogen) atoms. The van der Waals surface area contributed by atoms with Crippen LogP contribution in [-0.4, -0.2) is 58.3 Å². The molecule has 156 valence electrons. The fourth-order valence-corrected chi connectivity index (χ4v) is 4.27. The second-order valence-corrected chi connectivity index (χ2v) is 7.77. The summed E-state index contributed by atoms with van der Waals surface area (Å²) in [6.45, 7) is 2.07. The first-order valence-electron chi connectivity index (χ1n) is 9.76. The number of piperidine rings is 1. The second kappa shape index (κ2) is 8.60. The van der Waals surface area contributed by atoms with Gasteiger partial charge >= 0.3 is 5.97 Å². The fourth-order valence-electron chi connectivity index (χ4n) is 4.27. The summed E-state index contributed by atoms with van der Waals surface area (Å²) in [6, 6.07) is 5.94. The highest BCUT2D eigenvalue weighted by Crippen LogP contribution is 2.36. The van der Waals surface area contributed by atoms with E-state index in [1.807, 2.05) is 6.92 Å². The van der Waals surface area contributed by atoms with Crippen molar-refractivity contribution in [2.75, 3.05) is 6.54 Å². The van der Waals surface area contributed by atoms with Crippen LogP contribution >= 0.6 is 0 Å². The Kier molecular flexibility index (Phi) is 6.17. The second-order valence-electron chi connectivity index (χ2n) is 7.77. The van der Waals surface area contributed by atoms with Gasteiger partial charge in [-0.05, 0) is 30.7 Å². The van der Waals surface area contributed by atoms with E-state index in [0.717, 1.165) is 12.0 Å². The lowest BCUT2D eigenvalue weighted by Crippen LogP contribution is -2.60. The SMILES string of the molecule is CC1C[C@@H](NCC(=O)O)C(=O)N2C1CC[C@H]2C(=O)NCc1ccc(C(=N)N)cc1. The number of carbonyl (C=O) groups excluding carboxylic acids is 2. The summed E-state index contributed by atoms with van der Waals surface area (Å²) < 4.78 is 0. The van der Waals surface area contributed by atoms with Gasteiger partial charge in [-0.3, -0.25) is 25.1 Å². The predicted octanol–water partition coefficient (Wildman–Crippen LogP) is 0.0291. The highest BCUT2D eigenvalue weighted by atomic mass is 16.4. The molecule has 4 atom stereocenters. The molecule has 2 amide bonds. The minimum absolute atomic E-state index is 0.0102. The fraction of sp³-hybridized carbons (Fsp3) is 0.500. The molecule has 2 saturated heterocycles. The molecule has 2 heterocycles. The summed E-state index contributed by atoms with van der Waals surface area (Å²) in [4.78, 5) is 38.2. The number of nitrogens with two attached hydrogens (primary N) is 1. The number of carboxylic acids is 1. The van der Waals surface area contributed by atoms with E-state index in [2.05, 4.69) is 10.6 Å². The van der Waals surface area contributed by atoms with Gasteiger partial charge < -0.3 is 21.1 Å². The molecule has 6 N–H and O–H groups in total. The zero-order valence-corrected chi connectivity index (χ0v) is 16.4. The number of amidine groups is 1. The molecule has 3 rings (SSSR count). The van der Waals surface area contributed by atoms with Crippen LogP contribution in [0.5, 0.6) is 0 Å². The third-order valence-corrected chi connectivity index (χ3v) is 5.78. The summed E-state index contributed by atoms with van der Waals surface area (Å²) in [5.74, 6) is -1.24. The van der Waals surface area contributed by atoms with E-state index in [4.69, 9.17) is 16.2 Å². The molecule has 2 unspecified atom stereocenters. The molecule has 0 saturated carbocycles. The van der Waals surface area contributed by atoms with Gasteiger partial charge in [-0.25, -0.2) is 0 Å². The summed E-state index contributed by atoms with van der Waals surface area (Å²) >= 11 is 0. The number of carboxylic acid groups (broad SMARTS) is 1. The highest BCUT2D eigenvalue weighted by Gasteiger charge is 2.48. The normalized spacial score (nSPS) is 26.1. The maximum absolute atomic E-state index is 12.9. The molecule has 2 aliphatic heterocycles. The molecule has 2 aliphatic rings. The zero-order chi connectivity index (χ0) is 21.1. The number of benzene rings is 1. The van der Waals surface area contributed by atoms with Gasteiger partial charge in [0.05, 0.1) is 12.6 Å². The third kappa shape index (κ3) is 4.56. The van der Waals surface area contributed by atoms with Gasteiger partial charge in [0.25, 0.3) is 0 Å². The van der Waals surface area contributed by atoms with E-state index in [9.17, 15) is 14.4 Å². The van der Waals surface area contributed by atoms with Crippen molar-refractivity contribution >= 4 is 23.6 Å². The van der Waals surface area contributed by atoms with Crippen LogP contribution in [0.25, 0.3) is 0 Å². The van der Waals surface area contributed by atoms with Crippen molar-refractivity contribution in [2.24, 2.45) is 11.7 Å². The standard InChI is InChI=1S/C20H27N5O4/c1-11-8-14(23-10-17(26)27)20(29)25-15(11)6-7-16(25)19(28)24-9-12-2-4-13(5-3-12)18(21)22/h2-5,11,14-16,23H,6-10H2,1H3,(H3,21,22)(H,24,28)(H,26,27)/t11?,14-,15?,16+/m1/s1. The van der Waals surface area contributed by atoms with Gasteiger partial charge in [-0.15, -0.1) is 0 Å². The number of hydrogen-bond acceptors (Lipinski definition) is 5. The van der Waals surface area contributed by atoms with Gasteiger partial charge in [0.15, 0.2) is 0 Å². The number of nitrogens with zero attached hydrogens (tertiary/aromatic N) is 1. The number of fused-ring (bicyclic) bond motifs is 1. The van der Waals surface area contributed by atoms with Gasteiger partial charge in [0, 0.05) is 18.2 Å². The Hall–Kier alpha value is -2.94. The van der Waals surface area contributed by atoms with E-state index in [1.54, 1.807) is 29.2 Å². The molecule has 9 nitrogen and oxygen atoms in total. The molecule has 0 aliphatic carbocycles. The number of hydrogen-bond donors (Lipinski definition) is 5. The number of carbonyl (C=O) groups is 3. The number of rotatable bonds is 7. The minimum atomic E-state index is -1.01. The number of nitrogen functional groups attached to an aromatic ring is 1. The minimum Gasteiger partial charge on any atom is -0.480 e. The van der Waals surface area contributed by atoms with Crippen LogP contribution in [0.4, 0.5) is 0 Å². The maximum Gasteiger partial charge on any atom is 0.317 e. The van der Waals surface area contributed by atoms with Crippen molar-refractivity contribution in [3.8, 4) is 0 Å². The van der Waals surface area contributed by atoms with Crippen LogP contribution in [0.15, 0.2) is 24.3 Å². The Morgan fingerprint density at radius 2 is 1.97 bits per heavy atom. The molecular weight excluding hydrogens is 374 g/mol. The third-order valence-electron chi connectivity index (χ3n) is 5.78. The van der Waals surface area contributed by atoms with E-state index in [0.29, 0.717) is 24.9 Å². The first-order chi connectivity index (χ1) is 13.8. The van der Waals surface area contributed by atoms with Crippen molar-refractivity contribution in [3.63, 3.8) is 0 Å². The average Bonchev–Trinajstić information content (AvgIpc) is 3.14. The van der Waals surface area contributed by atoms with Gasteiger partial charge in [-0.2, -0.15) is 0 Å². The Labute approximate surface area is 169 Å². The maximum atomic E-state index is 12.9. The average molecular weight is 401 g/mol. The molecule has 0 bridgehead atoms. The van der Waals surface area contributed by atoms with Crippen LogP contribution in [0.1, 0.15) is 37.3 Å². The summed E-state index contributed by atoms with van der Waals surface area (Å²) in [5.41, 5.74) is 6.93. The van der Waals surface area contributed by atoms with Gasteiger partial charge in [0.1, 0.15) is 11.9 Å². The van der Waals surface area contributed by atoms with E-state index < -0.39 is 18.1 Å². The van der Waals surface area contributed by atoms with Crippen molar-refractivity contribution in [3.05, 3.63) is 35.4 Å². The first-order valence-corrected chi connectivity index (χ1v) is 9.76. The monoisotopic (exact) mass is 401 g/mol. The smallest absolute Gasteiger partial charge is 0.317 e. The lowest BCUT2D eigenvalue weighted by molar-refractivity contribution is -0.147. The van der Waals surface area contributed by atoms with E-state index in [1.165, 1.54) is 0 Å². The molecule has 0 spiro atoms. The molecule has 1 aromatic carbocycles. The van der Waals surface area contributed by atoms with Gasteiger partial charge in [0.2, 0.25) is 11.8 Å². The Bertz CT molecular complexity index is 810. The largest absolute Gasteiger partial charge is 0.480 e.